The SMILES string of the molecule is CCOc1ccc(S(=O)(=O)N[C@@H](Cc2ccccc2)C(=O)Nc2ccc3sc(C(=O)OC)cc3c2)cc1Cl. The Bertz CT molecular complexity index is 1570. The fourth-order valence-corrected chi connectivity index (χ4v) is 6.25. The van der Waals surface area contributed by atoms with E-state index in [1.165, 1.54) is 36.6 Å². The number of hydrogen-bond donors (Lipinski definition) is 2. The highest BCUT2D eigenvalue weighted by Crippen LogP contribution is 2.29. The van der Waals surface area contributed by atoms with Gasteiger partial charge in [0.15, 0.2) is 0 Å². The Labute approximate surface area is 229 Å². The van der Waals surface area contributed by atoms with Crippen LogP contribution in [0, 0.1) is 0 Å². The molecule has 2 N–H and O–H groups in total. The molecular formula is C27H25ClN2O6S2. The second kappa shape index (κ2) is 12.0. The number of hydrogen-bond acceptors (Lipinski definition) is 7. The number of esters is 1. The number of amides is 1. The molecule has 0 saturated carbocycles. The van der Waals surface area contributed by atoms with E-state index in [0.717, 1.165) is 15.6 Å². The molecule has 0 fully saturated rings. The lowest BCUT2D eigenvalue weighted by molar-refractivity contribution is -0.117. The van der Waals surface area contributed by atoms with Gasteiger partial charge in [-0.25, -0.2) is 13.2 Å². The van der Waals surface area contributed by atoms with Gasteiger partial charge in [-0.2, -0.15) is 4.72 Å². The number of ether oxygens (including phenoxy) is 2. The summed E-state index contributed by atoms with van der Waals surface area (Å²) < 4.78 is 40.0. The summed E-state index contributed by atoms with van der Waals surface area (Å²) >= 11 is 7.48. The minimum atomic E-state index is -4.12. The van der Waals surface area contributed by atoms with Gasteiger partial charge in [0, 0.05) is 10.4 Å². The van der Waals surface area contributed by atoms with Gasteiger partial charge in [0.1, 0.15) is 16.7 Å². The molecule has 4 aromatic rings. The second-order valence-corrected chi connectivity index (χ2v) is 11.4. The van der Waals surface area contributed by atoms with Gasteiger partial charge >= 0.3 is 5.97 Å². The number of fused-ring (bicyclic) bond motifs is 1. The summed E-state index contributed by atoms with van der Waals surface area (Å²) in [4.78, 5) is 25.6. The molecule has 38 heavy (non-hydrogen) atoms. The van der Waals surface area contributed by atoms with Gasteiger partial charge < -0.3 is 14.8 Å². The van der Waals surface area contributed by atoms with Crippen molar-refractivity contribution in [1.82, 2.24) is 4.72 Å². The standard InChI is InChI=1S/C27H25ClN2O6S2/c1-3-36-23-11-10-20(16-21(23)28)38(33,34)30-22(13-17-7-5-4-6-8-17)26(31)29-19-9-12-24-18(14-19)15-25(37-24)27(32)35-2/h4-12,14-16,22,30H,3,13H2,1-2H3,(H,29,31)/t22-/m0/s1. The molecule has 1 aromatic heterocycles. The quantitative estimate of drug-likeness (QED) is 0.251. The molecule has 0 aliphatic heterocycles. The van der Waals surface area contributed by atoms with E-state index >= 15 is 0 Å². The molecule has 198 valence electrons. The van der Waals surface area contributed by atoms with E-state index in [9.17, 15) is 18.0 Å². The number of sulfonamides is 1. The first-order valence-electron chi connectivity index (χ1n) is 11.6. The molecular weight excluding hydrogens is 548 g/mol. The molecule has 1 amide bonds. The van der Waals surface area contributed by atoms with Crippen LogP contribution in [0.15, 0.2) is 77.7 Å². The highest BCUT2D eigenvalue weighted by Gasteiger charge is 2.27. The smallest absolute Gasteiger partial charge is 0.348 e. The normalized spacial score (nSPS) is 12.2. The summed E-state index contributed by atoms with van der Waals surface area (Å²) in [5.41, 5.74) is 1.23. The van der Waals surface area contributed by atoms with Crippen molar-refractivity contribution in [3.05, 3.63) is 88.3 Å². The van der Waals surface area contributed by atoms with Crippen LogP contribution in [0.2, 0.25) is 5.02 Å². The largest absolute Gasteiger partial charge is 0.492 e. The number of anilines is 1. The Balaban J connectivity index is 1.59. The molecule has 1 atom stereocenters. The van der Waals surface area contributed by atoms with Crippen molar-refractivity contribution < 1.29 is 27.5 Å². The fraction of sp³-hybridized carbons (Fsp3) is 0.185. The Hall–Kier alpha value is -3.44. The molecule has 0 unspecified atom stereocenters. The summed E-state index contributed by atoms with van der Waals surface area (Å²) in [6.45, 7) is 2.17. The van der Waals surface area contributed by atoms with Crippen LogP contribution < -0.4 is 14.8 Å². The molecule has 0 bridgehead atoms. The molecule has 8 nitrogen and oxygen atoms in total. The van der Waals surface area contributed by atoms with Crippen molar-refractivity contribution in [2.24, 2.45) is 0 Å². The van der Waals surface area contributed by atoms with Crippen molar-refractivity contribution in [3.8, 4) is 5.75 Å². The third kappa shape index (κ3) is 6.51. The predicted octanol–water partition coefficient (Wildman–Crippen LogP) is 5.27. The van der Waals surface area contributed by atoms with Crippen LogP contribution in [0.1, 0.15) is 22.2 Å². The Morgan fingerprint density at radius 1 is 1.03 bits per heavy atom. The van der Waals surface area contributed by atoms with Gasteiger partial charge in [-0.05, 0) is 66.8 Å². The number of carbonyl (C=O) groups is 2. The monoisotopic (exact) mass is 572 g/mol. The maximum absolute atomic E-state index is 13.4. The van der Waals surface area contributed by atoms with Gasteiger partial charge in [0.2, 0.25) is 15.9 Å². The van der Waals surface area contributed by atoms with Crippen LogP contribution >= 0.6 is 22.9 Å². The molecule has 0 saturated heterocycles. The third-order valence-electron chi connectivity index (χ3n) is 5.58. The van der Waals surface area contributed by atoms with Crippen molar-refractivity contribution in [1.29, 1.82) is 0 Å². The minimum absolute atomic E-state index is 0.0909. The van der Waals surface area contributed by atoms with E-state index in [1.54, 1.807) is 31.2 Å². The van der Waals surface area contributed by atoms with E-state index in [-0.39, 0.29) is 16.3 Å². The summed E-state index contributed by atoms with van der Waals surface area (Å²) in [5, 5.41) is 3.69. The molecule has 1 heterocycles. The van der Waals surface area contributed by atoms with Gasteiger partial charge in [0.25, 0.3) is 0 Å². The maximum Gasteiger partial charge on any atom is 0.348 e. The number of nitrogens with one attached hydrogen (secondary N) is 2. The van der Waals surface area contributed by atoms with Crippen LogP contribution in [0.5, 0.6) is 5.75 Å². The first kappa shape index (κ1) is 27.6. The number of benzene rings is 3. The van der Waals surface area contributed by atoms with Crippen LogP contribution in [0.4, 0.5) is 5.69 Å². The Morgan fingerprint density at radius 2 is 1.79 bits per heavy atom. The number of methoxy groups -OCH3 is 1. The molecule has 3 aromatic carbocycles. The number of thiophene rings is 1. The average Bonchev–Trinajstić information content (AvgIpc) is 3.33. The zero-order valence-electron chi connectivity index (χ0n) is 20.6. The van der Waals surface area contributed by atoms with Crippen LogP contribution in [0.25, 0.3) is 10.1 Å². The van der Waals surface area contributed by atoms with Crippen molar-refractivity contribution >= 4 is 60.6 Å². The van der Waals surface area contributed by atoms with E-state index in [2.05, 4.69) is 10.0 Å². The number of halogens is 1. The maximum atomic E-state index is 13.4. The fourth-order valence-electron chi connectivity index (χ4n) is 3.77. The highest BCUT2D eigenvalue weighted by molar-refractivity contribution is 7.89. The third-order valence-corrected chi connectivity index (χ3v) is 8.44. The zero-order valence-corrected chi connectivity index (χ0v) is 23.0. The van der Waals surface area contributed by atoms with E-state index in [0.29, 0.717) is 22.9 Å². The summed E-state index contributed by atoms with van der Waals surface area (Å²) in [5.74, 6) is -0.619. The first-order valence-corrected chi connectivity index (χ1v) is 14.3. The lowest BCUT2D eigenvalue weighted by Crippen LogP contribution is -2.45. The minimum Gasteiger partial charge on any atom is -0.492 e. The van der Waals surface area contributed by atoms with Gasteiger partial charge in [-0.15, -0.1) is 11.3 Å². The molecule has 0 aliphatic rings. The van der Waals surface area contributed by atoms with Gasteiger partial charge in [-0.1, -0.05) is 41.9 Å². The molecule has 11 heteroatoms. The summed E-state index contributed by atoms with van der Waals surface area (Å²) in [6.07, 6.45) is 0.115. The molecule has 4 rings (SSSR count). The van der Waals surface area contributed by atoms with Crippen LogP contribution in [0.3, 0.4) is 0 Å². The van der Waals surface area contributed by atoms with Crippen LogP contribution in [-0.2, 0) is 26.0 Å². The Morgan fingerprint density at radius 3 is 2.47 bits per heavy atom. The molecule has 0 spiro atoms. The van der Waals surface area contributed by atoms with E-state index in [4.69, 9.17) is 21.1 Å². The van der Waals surface area contributed by atoms with Gasteiger partial charge in [-0.3, -0.25) is 4.79 Å². The summed E-state index contributed by atoms with van der Waals surface area (Å²) in [6, 6.07) is 19.0. The average molecular weight is 573 g/mol. The Kier molecular flexibility index (Phi) is 8.68. The highest BCUT2D eigenvalue weighted by atomic mass is 35.5. The van der Waals surface area contributed by atoms with Crippen molar-refractivity contribution in [2.75, 3.05) is 19.0 Å². The van der Waals surface area contributed by atoms with Crippen molar-refractivity contribution in [3.63, 3.8) is 0 Å². The van der Waals surface area contributed by atoms with Gasteiger partial charge in [0.05, 0.1) is 23.6 Å². The number of carbonyl (C=O) groups excluding carboxylic acids is 2. The lowest BCUT2D eigenvalue weighted by atomic mass is 10.1. The topological polar surface area (TPSA) is 111 Å². The molecule has 0 aliphatic carbocycles. The first-order chi connectivity index (χ1) is 18.2. The summed E-state index contributed by atoms with van der Waals surface area (Å²) in [7, 11) is -2.80. The number of rotatable bonds is 10. The predicted molar refractivity (Wildman–Crippen MR) is 149 cm³/mol. The second-order valence-electron chi connectivity index (χ2n) is 8.23. The zero-order chi connectivity index (χ0) is 27.3. The van der Waals surface area contributed by atoms with E-state index in [1.807, 2.05) is 30.3 Å². The van der Waals surface area contributed by atoms with E-state index < -0.39 is 27.9 Å². The lowest BCUT2D eigenvalue weighted by Gasteiger charge is -2.19. The molecule has 0 radical (unpaired) electrons. The van der Waals surface area contributed by atoms with Crippen LogP contribution in [-0.4, -0.2) is 40.1 Å². The van der Waals surface area contributed by atoms with Crippen molar-refractivity contribution in [2.45, 2.75) is 24.3 Å².